The first-order chi connectivity index (χ1) is 19.9. The lowest BCUT2D eigenvalue weighted by Crippen LogP contribution is -2.25. The predicted octanol–water partition coefficient (Wildman–Crippen LogP) is 7.12. The van der Waals surface area contributed by atoms with Crippen LogP contribution in [0, 0.1) is 6.92 Å². The number of hydrogen-bond acceptors (Lipinski definition) is 7. The van der Waals surface area contributed by atoms with Crippen molar-refractivity contribution in [1.82, 2.24) is 19.9 Å². The summed E-state index contributed by atoms with van der Waals surface area (Å²) in [6.07, 6.45) is 9.43. The van der Waals surface area contributed by atoms with Crippen molar-refractivity contribution in [3.8, 4) is 17.0 Å². The van der Waals surface area contributed by atoms with E-state index in [9.17, 15) is 4.79 Å². The van der Waals surface area contributed by atoms with Crippen LogP contribution >= 0.6 is 15.9 Å². The minimum Gasteiger partial charge on any atom is -0.494 e. The van der Waals surface area contributed by atoms with Crippen molar-refractivity contribution < 1.29 is 9.53 Å². The van der Waals surface area contributed by atoms with Crippen molar-refractivity contribution in [2.24, 2.45) is 0 Å². The number of aromatic nitrogens is 3. The summed E-state index contributed by atoms with van der Waals surface area (Å²) in [6.45, 7) is 10.1. The third kappa shape index (κ3) is 8.96. The number of anilines is 3. The maximum absolute atomic E-state index is 12.8. The van der Waals surface area contributed by atoms with Gasteiger partial charge in [0.25, 0.3) is 0 Å². The van der Waals surface area contributed by atoms with Gasteiger partial charge in [0.1, 0.15) is 5.75 Å². The van der Waals surface area contributed by atoms with Crippen LogP contribution in [0.15, 0.2) is 83.7 Å². The second kappa shape index (κ2) is 15.1. The summed E-state index contributed by atoms with van der Waals surface area (Å²) in [7, 11) is 0. The van der Waals surface area contributed by atoms with Gasteiger partial charge in [-0.1, -0.05) is 35.8 Å². The van der Waals surface area contributed by atoms with Crippen LogP contribution < -0.4 is 15.4 Å². The Hall–Kier alpha value is -4.08. The molecule has 2 aromatic heterocycles. The van der Waals surface area contributed by atoms with E-state index in [0.29, 0.717) is 18.2 Å². The van der Waals surface area contributed by atoms with E-state index in [1.54, 1.807) is 24.7 Å². The number of halogens is 1. The van der Waals surface area contributed by atoms with Crippen molar-refractivity contribution in [3.63, 3.8) is 0 Å². The van der Waals surface area contributed by atoms with Crippen LogP contribution in [0.4, 0.5) is 17.3 Å². The van der Waals surface area contributed by atoms with Gasteiger partial charge in [-0.2, -0.15) is 0 Å². The van der Waals surface area contributed by atoms with Gasteiger partial charge < -0.3 is 20.3 Å². The van der Waals surface area contributed by atoms with Crippen LogP contribution in [0.3, 0.4) is 0 Å². The normalized spacial score (nSPS) is 11.1. The molecule has 9 heteroatoms. The molecule has 0 unspecified atom stereocenters. The lowest BCUT2D eigenvalue weighted by Gasteiger charge is -2.17. The number of carbonyl (C=O) groups is 1. The summed E-state index contributed by atoms with van der Waals surface area (Å²) in [5.74, 6) is 0.988. The Morgan fingerprint density at radius 3 is 2.71 bits per heavy atom. The van der Waals surface area contributed by atoms with Crippen LogP contribution in [-0.2, 0) is 4.79 Å². The highest BCUT2D eigenvalue weighted by Crippen LogP contribution is 2.26. The Bertz CT molecular complexity index is 1470. The number of nitrogens with one attached hydrogen (secondary N) is 2. The molecular formula is C32H35BrN6O2. The van der Waals surface area contributed by atoms with Gasteiger partial charge in [0.05, 0.1) is 12.3 Å². The highest BCUT2D eigenvalue weighted by molar-refractivity contribution is 9.10. The Morgan fingerprint density at radius 2 is 1.93 bits per heavy atom. The fourth-order valence-electron chi connectivity index (χ4n) is 4.16. The molecule has 4 aromatic rings. The number of pyridine rings is 1. The van der Waals surface area contributed by atoms with E-state index in [0.717, 1.165) is 64.3 Å². The van der Waals surface area contributed by atoms with Crippen LogP contribution in [0.2, 0.25) is 0 Å². The summed E-state index contributed by atoms with van der Waals surface area (Å²) < 4.78 is 6.83. The second-order valence-electron chi connectivity index (χ2n) is 9.40. The van der Waals surface area contributed by atoms with E-state index in [2.05, 4.69) is 60.3 Å². The minimum atomic E-state index is -0.243. The first-order valence-corrected chi connectivity index (χ1v) is 14.5. The molecule has 4 rings (SSSR count). The molecule has 2 aromatic carbocycles. The smallest absolute Gasteiger partial charge is 0.248 e. The highest BCUT2D eigenvalue weighted by atomic mass is 79.9. The zero-order valence-corrected chi connectivity index (χ0v) is 25.2. The molecule has 0 spiro atoms. The Labute approximate surface area is 250 Å². The Morgan fingerprint density at radius 1 is 1.07 bits per heavy atom. The maximum atomic E-state index is 12.8. The van der Waals surface area contributed by atoms with Gasteiger partial charge in [0.15, 0.2) is 0 Å². The molecule has 0 radical (unpaired) electrons. The molecule has 0 fully saturated rings. The van der Waals surface area contributed by atoms with Crippen LogP contribution in [0.1, 0.15) is 31.4 Å². The van der Waals surface area contributed by atoms with Crippen molar-refractivity contribution in [1.29, 1.82) is 0 Å². The third-order valence-electron chi connectivity index (χ3n) is 6.53. The fourth-order valence-corrected chi connectivity index (χ4v) is 4.53. The molecule has 0 aliphatic heterocycles. The maximum Gasteiger partial charge on any atom is 0.248 e. The molecule has 8 nitrogen and oxygen atoms in total. The molecule has 0 saturated carbocycles. The Kier molecular flexibility index (Phi) is 11.0. The van der Waals surface area contributed by atoms with Crippen molar-refractivity contribution in [2.45, 2.75) is 27.2 Å². The molecule has 212 valence electrons. The van der Waals surface area contributed by atoms with Crippen LogP contribution in [0.25, 0.3) is 17.3 Å². The molecule has 2 N–H and O–H groups in total. The van der Waals surface area contributed by atoms with Gasteiger partial charge in [0.2, 0.25) is 11.9 Å². The number of amides is 1. The van der Waals surface area contributed by atoms with Gasteiger partial charge in [-0.15, -0.1) is 0 Å². The minimum absolute atomic E-state index is 0.243. The molecule has 0 aliphatic rings. The first-order valence-electron chi connectivity index (χ1n) is 13.7. The van der Waals surface area contributed by atoms with Gasteiger partial charge in [-0.25, -0.2) is 9.97 Å². The molecule has 1 amide bonds. The first kappa shape index (κ1) is 29.9. The average molecular weight is 616 g/mol. The zero-order valence-electron chi connectivity index (χ0n) is 23.6. The van der Waals surface area contributed by atoms with Crippen molar-refractivity contribution in [2.75, 3.05) is 36.9 Å². The van der Waals surface area contributed by atoms with Gasteiger partial charge in [-0.05, 0) is 92.2 Å². The van der Waals surface area contributed by atoms with E-state index in [-0.39, 0.29) is 5.91 Å². The van der Waals surface area contributed by atoms with Crippen LogP contribution in [-0.4, -0.2) is 52.0 Å². The van der Waals surface area contributed by atoms with E-state index in [4.69, 9.17) is 4.74 Å². The zero-order chi connectivity index (χ0) is 29.0. The van der Waals surface area contributed by atoms with E-state index in [1.807, 2.05) is 61.5 Å². The fraction of sp³-hybridized carbons (Fsp3) is 0.250. The SMILES string of the molecule is CCN(CC)CCCOc1ccc(Br)c(/C=C/C(=O)Nc2ccc(C)c(Nc3nccc(-c4cccnc4)n3)c2)c1. The molecule has 0 bridgehead atoms. The lowest BCUT2D eigenvalue weighted by atomic mass is 10.1. The summed E-state index contributed by atoms with van der Waals surface area (Å²) in [6, 6.07) is 17.1. The topological polar surface area (TPSA) is 92.3 Å². The molecular weight excluding hydrogens is 580 g/mol. The number of rotatable bonds is 13. The second-order valence-corrected chi connectivity index (χ2v) is 10.3. The average Bonchev–Trinajstić information content (AvgIpc) is 2.99. The van der Waals surface area contributed by atoms with Gasteiger partial charge in [0, 0.05) is 52.6 Å². The summed E-state index contributed by atoms with van der Waals surface area (Å²) in [5.41, 5.74) is 4.97. The number of nitrogens with zero attached hydrogens (tertiary/aromatic N) is 4. The van der Waals surface area contributed by atoms with E-state index >= 15 is 0 Å². The molecule has 41 heavy (non-hydrogen) atoms. The lowest BCUT2D eigenvalue weighted by molar-refractivity contribution is -0.111. The Balaban J connectivity index is 1.37. The molecule has 0 atom stereocenters. The number of hydrogen-bond donors (Lipinski definition) is 2. The number of aryl methyl sites for hydroxylation is 1. The van der Waals surface area contributed by atoms with E-state index < -0.39 is 0 Å². The summed E-state index contributed by atoms with van der Waals surface area (Å²) in [4.78, 5) is 28.3. The quantitative estimate of drug-likeness (QED) is 0.122. The van der Waals surface area contributed by atoms with E-state index in [1.165, 1.54) is 6.08 Å². The van der Waals surface area contributed by atoms with Crippen molar-refractivity contribution in [3.05, 3.63) is 94.9 Å². The number of ether oxygens (including phenoxy) is 1. The van der Waals surface area contributed by atoms with Crippen molar-refractivity contribution >= 4 is 45.2 Å². The monoisotopic (exact) mass is 614 g/mol. The standard InChI is InChI=1S/C32H35BrN6O2/c1-4-39(5-2)18-7-19-41-27-12-13-28(33)24(20-27)10-14-31(40)36-26-11-9-23(3)30(21-26)38-32-35-17-15-29(37-32)25-8-6-16-34-22-25/h6,8-17,20-22H,4-5,7,18-19H2,1-3H3,(H,36,40)(H,35,37,38)/b14-10+. The number of carbonyl (C=O) groups excluding carboxylic acids is 1. The molecule has 2 heterocycles. The summed E-state index contributed by atoms with van der Waals surface area (Å²) in [5, 5.41) is 6.20. The highest BCUT2D eigenvalue weighted by Gasteiger charge is 2.08. The van der Waals surface area contributed by atoms with Crippen LogP contribution in [0.5, 0.6) is 5.75 Å². The third-order valence-corrected chi connectivity index (χ3v) is 7.25. The molecule has 0 aliphatic carbocycles. The predicted molar refractivity (Wildman–Crippen MR) is 169 cm³/mol. The van der Waals surface area contributed by atoms with Gasteiger partial charge >= 0.3 is 0 Å². The summed E-state index contributed by atoms with van der Waals surface area (Å²) >= 11 is 3.57. The number of benzene rings is 2. The van der Waals surface area contributed by atoms with Gasteiger partial charge in [-0.3, -0.25) is 9.78 Å². The molecule has 0 saturated heterocycles. The largest absolute Gasteiger partial charge is 0.494 e.